The van der Waals surface area contributed by atoms with Gasteiger partial charge in [-0.05, 0) is 68.8 Å². The number of ether oxygens (including phenoxy) is 3. The lowest BCUT2D eigenvalue weighted by atomic mass is 9.51. The maximum Gasteiger partial charge on any atom is 0.416 e. The predicted molar refractivity (Wildman–Crippen MR) is 159 cm³/mol. The highest BCUT2D eigenvalue weighted by atomic mass is 19.4. The molecule has 5 atom stereocenters. The Morgan fingerprint density at radius 1 is 1.23 bits per heavy atom. The molecular weight excluding hydrogens is 557 g/mol. The fourth-order valence-corrected chi connectivity index (χ4v) is 8.48. The molecule has 2 heterocycles. The van der Waals surface area contributed by atoms with Crippen molar-refractivity contribution >= 4 is 12.0 Å². The number of alkyl halides is 3. The van der Waals surface area contributed by atoms with Gasteiger partial charge in [0.15, 0.2) is 11.5 Å². The summed E-state index contributed by atoms with van der Waals surface area (Å²) in [6, 6.07) is 7.68. The molecule has 6 rings (SSSR count). The summed E-state index contributed by atoms with van der Waals surface area (Å²) in [5.41, 5.74) is 1.88. The van der Waals surface area contributed by atoms with Crippen molar-refractivity contribution in [1.29, 1.82) is 0 Å². The van der Waals surface area contributed by atoms with Crippen LogP contribution in [-0.4, -0.2) is 67.7 Å². The van der Waals surface area contributed by atoms with Crippen LogP contribution in [0.15, 0.2) is 36.4 Å². The topological polar surface area (TPSA) is 51.2 Å². The third kappa shape index (κ3) is 5.12. The number of hydrogen-bond acceptors (Lipinski definition) is 6. The predicted octanol–water partition coefficient (Wildman–Crippen LogP) is 6.35. The van der Waals surface area contributed by atoms with E-state index in [0.717, 1.165) is 61.7 Å². The molecule has 0 N–H and O–H groups in total. The van der Waals surface area contributed by atoms with Crippen LogP contribution >= 0.6 is 0 Å². The first kappa shape index (κ1) is 30.0. The van der Waals surface area contributed by atoms with E-state index < -0.39 is 11.7 Å². The van der Waals surface area contributed by atoms with Crippen LogP contribution in [0.5, 0.6) is 17.2 Å². The zero-order valence-corrected chi connectivity index (χ0v) is 25.5. The number of carbonyl (C=O) groups excluding carboxylic acids is 1. The molecule has 1 saturated heterocycles. The number of piperidine rings is 1. The maximum atomic E-state index is 13.3. The van der Waals surface area contributed by atoms with E-state index in [1.165, 1.54) is 19.1 Å². The Kier molecular flexibility index (Phi) is 7.78. The molecular formula is C34H41F3N2O4. The van der Waals surface area contributed by atoms with Crippen LogP contribution in [0.1, 0.15) is 62.3 Å². The number of likely N-dealkylation sites (N-methyl/N-ethyl adjacent to an activating group) is 1. The highest BCUT2D eigenvalue weighted by Crippen LogP contribution is 2.65. The molecule has 6 nitrogen and oxygen atoms in total. The molecule has 2 fully saturated rings. The first-order chi connectivity index (χ1) is 20.4. The average molecular weight is 599 g/mol. The lowest BCUT2D eigenvalue weighted by molar-refractivity contribution is -0.137. The van der Waals surface area contributed by atoms with Crippen molar-refractivity contribution in [3.63, 3.8) is 0 Å². The van der Waals surface area contributed by atoms with Crippen molar-refractivity contribution in [3.05, 3.63) is 58.7 Å². The fourth-order valence-electron chi connectivity index (χ4n) is 8.48. The van der Waals surface area contributed by atoms with E-state index in [1.54, 1.807) is 25.3 Å². The van der Waals surface area contributed by atoms with Crippen molar-refractivity contribution in [2.24, 2.45) is 11.8 Å². The van der Waals surface area contributed by atoms with Gasteiger partial charge in [0.2, 0.25) is 0 Å². The molecule has 2 bridgehead atoms. The van der Waals surface area contributed by atoms with E-state index in [1.807, 2.05) is 6.08 Å². The summed E-state index contributed by atoms with van der Waals surface area (Å²) < 4.78 is 58.5. The van der Waals surface area contributed by atoms with E-state index in [4.69, 9.17) is 14.2 Å². The number of nitrogens with zero attached hydrogens (tertiary/aromatic N) is 2. The van der Waals surface area contributed by atoms with Crippen LogP contribution in [0, 0.1) is 11.8 Å². The zero-order chi connectivity index (χ0) is 30.7. The number of likely N-dealkylation sites (tertiary alicyclic amines) is 1. The SMILES string of the molecule is COc1cc(OC(C)=O)c2c3c1O[C@H]1[C@H](N(CC=Cc4cccc(C(F)(F)F)c4)CC(C)C)CC[C@H]4[C@@H](C2)N(C)CC[C@@]341. The van der Waals surface area contributed by atoms with E-state index >= 15 is 0 Å². The second kappa shape index (κ2) is 11.1. The highest BCUT2D eigenvalue weighted by molar-refractivity contribution is 5.73. The van der Waals surface area contributed by atoms with Gasteiger partial charge in [0, 0.05) is 54.7 Å². The number of hydrogen-bond donors (Lipinski definition) is 0. The van der Waals surface area contributed by atoms with Crippen LogP contribution in [0.2, 0.25) is 0 Å². The maximum absolute atomic E-state index is 13.3. The van der Waals surface area contributed by atoms with Gasteiger partial charge in [-0.2, -0.15) is 13.2 Å². The van der Waals surface area contributed by atoms with Gasteiger partial charge in [-0.15, -0.1) is 0 Å². The molecule has 1 spiro atoms. The fraction of sp³-hybridized carbons (Fsp3) is 0.559. The molecule has 2 aliphatic carbocycles. The van der Waals surface area contributed by atoms with Gasteiger partial charge >= 0.3 is 12.1 Å². The Hall–Kier alpha value is -3.04. The van der Waals surface area contributed by atoms with Gasteiger partial charge in [-0.3, -0.25) is 9.69 Å². The quantitative estimate of drug-likeness (QED) is 0.261. The molecule has 2 aromatic rings. The summed E-state index contributed by atoms with van der Waals surface area (Å²) in [5, 5.41) is 0. The number of halogens is 3. The summed E-state index contributed by atoms with van der Waals surface area (Å²) >= 11 is 0. The molecule has 2 aromatic carbocycles. The second-order valence-electron chi connectivity index (χ2n) is 13.1. The molecule has 0 radical (unpaired) electrons. The number of carbonyl (C=O) groups is 1. The molecule has 0 amide bonds. The van der Waals surface area contributed by atoms with Crippen molar-refractivity contribution in [2.75, 3.05) is 33.8 Å². The summed E-state index contributed by atoms with van der Waals surface area (Å²) in [6.45, 7) is 8.19. The average Bonchev–Trinajstić information content (AvgIpc) is 3.29. The molecule has 4 aliphatic rings. The van der Waals surface area contributed by atoms with E-state index in [2.05, 4.69) is 30.7 Å². The first-order valence-electron chi connectivity index (χ1n) is 15.3. The number of benzene rings is 2. The van der Waals surface area contributed by atoms with Gasteiger partial charge in [-0.1, -0.05) is 38.1 Å². The van der Waals surface area contributed by atoms with Crippen molar-refractivity contribution in [3.8, 4) is 17.2 Å². The zero-order valence-electron chi connectivity index (χ0n) is 25.5. The third-order valence-corrected chi connectivity index (χ3v) is 10.0. The van der Waals surface area contributed by atoms with Gasteiger partial charge in [0.25, 0.3) is 0 Å². The van der Waals surface area contributed by atoms with Crippen LogP contribution in [0.3, 0.4) is 0 Å². The van der Waals surface area contributed by atoms with Crippen LogP contribution < -0.4 is 14.2 Å². The Labute approximate surface area is 251 Å². The molecule has 2 aliphatic heterocycles. The lowest BCUT2D eigenvalue weighted by Crippen LogP contribution is -2.68. The van der Waals surface area contributed by atoms with Gasteiger partial charge in [0.1, 0.15) is 11.9 Å². The number of esters is 1. The molecule has 232 valence electrons. The Morgan fingerprint density at radius 2 is 2.02 bits per heavy atom. The minimum Gasteiger partial charge on any atom is -0.493 e. The van der Waals surface area contributed by atoms with Gasteiger partial charge in [0.05, 0.1) is 12.7 Å². The van der Waals surface area contributed by atoms with E-state index in [-0.39, 0.29) is 23.5 Å². The molecule has 43 heavy (non-hydrogen) atoms. The Morgan fingerprint density at radius 3 is 2.72 bits per heavy atom. The Bertz CT molecular complexity index is 1420. The van der Waals surface area contributed by atoms with Crippen molar-refractivity contribution in [2.45, 2.75) is 76.2 Å². The first-order valence-corrected chi connectivity index (χ1v) is 15.3. The molecule has 0 aromatic heterocycles. The van der Waals surface area contributed by atoms with Crippen molar-refractivity contribution < 1.29 is 32.2 Å². The second-order valence-corrected chi connectivity index (χ2v) is 13.1. The summed E-state index contributed by atoms with van der Waals surface area (Å²) in [6.07, 6.45) is 3.03. The lowest BCUT2D eigenvalue weighted by Gasteiger charge is -2.60. The summed E-state index contributed by atoms with van der Waals surface area (Å²) in [4.78, 5) is 17.0. The monoisotopic (exact) mass is 598 g/mol. The number of methoxy groups -OCH3 is 1. The third-order valence-electron chi connectivity index (χ3n) is 10.0. The normalized spacial score (nSPS) is 27.9. The van der Waals surface area contributed by atoms with Crippen molar-refractivity contribution in [1.82, 2.24) is 9.80 Å². The van der Waals surface area contributed by atoms with Crippen LogP contribution in [-0.2, 0) is 22.8 Å². The van der Waals surface area contributed by atoms with E-state index in [0.29, 0.717) is 41.5 Å². The highest BCUT2D eigenvalue weighted by Gasteiger charge is 2.66. The molecule has 9 heteroatoms. The Balaban J connectivity index is 1.38. The van der Waals surface area contributed by atoms with Gasteiger partial charge < -0.3 is 19.1 Å². The van der Waals surface area contributed by atoms with Crippen LogP contribution in [0.25, 0.3) is 6.08 Å². The van der Waals surface area contributed by atoms with E-state index in [9.17, 15) is 18.0 Å². The standard InChI is InChI=1S/C34H41F3N2O4/c1-20(2)19-39(14-7-9-22-8-6-10-23(16-22)34(35,36)37)26-12-11-25-27-17-24-28(42-21(3)40)18-29(41-5)31-30(24)33(25,32(26)43-31)13-15-38(27)4/h6-10,16,18,20,25-27,32H,11-15,17,19H2,1-5H3/t25-,26+,27+,32-,33-/m0/s1. The molecule has 0 unspecified atom stereocenters. The van der Waals surface area contributed by atoms with Crippen LogP contribution in [0.4, 0.5) is 13.2 Å². The summed E-state index contributed by atoms with van der Waals surface area (Å²) in [5.74, 6) is 2.37. The smallest absolute Gasteiger partial charge is 0.416 e. The van der Waals surface area contributed by atoms with Gasteiger partial charge in [-0.25, -0.2) is 0 Å². The molecule has 1 saturated carbocycles. The summed E-state index contributed by atoms with van der Waals surface area (Å²) in [7, 11) is 3.82. The number of rotatable bonds is 8. The minimum atomic E-state index is -4.37. The largest absolute Gasteiger partial charge is 0.493 e. The minimum absolute atomic E-state index is 0.106.